The average Bonchev–Trinajstić information content (AvgIpc) is 1.98. The summed E-state index contributed by atoms with van der Waals surface area (Å²) in [6.45, 7) is 0.862. The molecule has 122 valence electrons. The zero-order valence-electron chi connectivity index (χ0n) is 17.8. The van der Waals surface area contributed by atoms with Gasteiger partial charge in [-0.2, -0.15) is 0 Å². The molecule has 0 fully saturated rings. The summed E-state index contributed by atoms with van der Waals surface area (Å²) in [6.07, 6.45) is -2.23. The van der Waals surface area contributed by atoms with E-state index in [2.05, 4.69) is 4.74 Å². The molecule has 0 radical (unpaired) electrons. The summed E-state index contributed by atoms with van der Waals surface area (Å²) in [5.74, 6) is -6.03. The molecule has 23 heavy (non-hydrogen) atoms. The Morgan fingerprint density at radius 3 is 1.22 bits per heavy atom. The van der Waals surface area contributed by atoms with Gasteiger partial charge in [-0.3, -0.25) is 14.4 Å². The second-order valence-corrected chi connectivity index (χ2v) is 3.03. The van der Waals surface area contributed by atoms with Crippen molar-refractivity contribution in [1.29, 1.82) is 0 Å². The molecule has 0 unspecified atom stereocenters. The Labute approximate surface area is 225 Å². The second-order valence-electron chi connectivity index (χ2n) is 3.03. The van der Waals surface area contributed by atoms with Crippen molar-refractivity contribution in [2.75, 3.05) is 0 Å². The van der Waals surface area contributed by atoms with Crippen LogP contribution in [0, 0.1) is 0 Å². The number of carbonyl (C=O) groups is 4. The van der Waals surface area contributed by atoms with Crippen molar-refractivity contribution in [2.45, 2.75) is 25.4 Å². The molecular weight excluding hydrogens is 364 g/mol. The summed E-state index contributed by atoms with van der Waals surface area (Å²) < 4.78 is 4.32. The number of carbonyl (C=O) groups excluding carboxylic acids is 1. The minimum Gasteiger partial charge on any atom is -1.00 e. The third kappa shape index (κ3) is 21.7. The van der Waals surface area contributed by atoms with Gasteiger partial charge in [-0.1, -0.05) is 0 Å². The molecule has 0 atom stereocenters. The van der Waals surface area contributed by atoms with E-state index in [1.165, 1.54) is 0 Å². The van der Waals surface area contributed by atoms with Gasteiger partial charge in [0.2, 0.25) is 5.60 Å². The van der Waals surface area contributed by atoms with Gasteiger partial charge in [-0.05, 0) is 0 Å². The molecule has 15 heteroatoms. The molecule has 0 aliphatic rings. The van der Waals surface area contributed by atoms with E-state index < -0.39 is 42.3 Å². The number of aliphatic carboxylic acids is 3. The van der Waals surface area contributed by atoms with Gasteiger partial charge in [-0.25, -0.2) is 4.79 Å². The number of rotatable bonds is 6. The molecule has 0 aliphatic heterocycles. The largest absolute Gasteiger partial charge is 1.00 e. The molecule has 11 nitrogen and oxygen atoms in total. The topological polar surface area (TPSA) is 233 Å². The Morgan fingerprint density at radius 1 is 0.826 bits per heavy atom. The van der Waals surface area contributed by atoms with Gasteiger partial charge in [0, 0.05) is 6.92 Å². The van der Waals surface area contributed by atoms with E-state index in [-0.39, 0.29) is 140 Å². The minimum absolute atomic E-state index is 0. The third-order valence-electron chi connectivity index (χ3n) is 1.60. The Balaban J connectivity index is -0.0000000205. The average molecular weight is 384 g/mol. The third-order valence-corrected chi connectivity index (χ3v) is 1.60. The molecule has 0 bridgehead atoms. The number of carboxylic acid groups (broad SMARTS) is 3. The fraction of sp³-hybridized carbons (Fsp3) is 0.500. The first-order valence-electron chi connectivity index (χ1n) is 4.06. The van der Waals surface area contributed by atoms with Crippen LogP contribution in [-0.4, -0.2) is 61.2 Å². The maximum Gasteiger partial charge on any atom is 1.00 e. The molecule has 0 rings (SSSR count). The van der Waals surface area contributed by atoms with Gasteiger partial charge >= 0.3 is 142 Å². The maximum atomic E-state index is 10.8. The van der Waals surface area contributed by atoms with Gasteiger partial charge < -0.3 is 42.2 Å². The van der Waals surface area contributed by atoms with Crippen molar-refractivity contribution in [3.8, 4) is 0 Å². The van der Waals surface area contributed by atoms with E-state index in [1.807, 2.05) is 0 Å². The fourth-order valence-electron chi connectivity index (χ4n) is 1.09. The van der Waals surface area contributed by atoms with E-state index in [4.69, 9.17) is 15.3 Å². The Bertz CT molecular complexity index is 324. The standard InChI is InChI=1S/C8H10O8.4Na.3H2O.4H/c1-4(9)16-8(7(14)15,2-5(10)11)3-6(12)13;;;;;;;;;;;/h2-3H2,1H3,(H,10,11)(H,12,13)(H,14,15);;;;;3*1H2;;;;/q;4*+1;;;;4*-1. The molecule has 0 heterocycles. The number of esters is 1. The summed E-state index contributed by atoms with van der Waals surface area (Å²) in [4.78, 5) is 42.3. The van der Waals surface area contributed by atoms with Crippen molar-refractivity contribution in [3.05, 3.63) is 0 Å². The maximum absolute atomic E-state index is 10.8. The van der Waals surface area contributed by atoms with Crippen molar-refractivity contribution >= 4 is 23.9 Å². The van der Waals surface area contributed by atoms with Gasteiger partial charge in [0.15, 0.2) is 0 Å². The van der Waals surface area contributed by atoms with Gasteiger partial charge in [0.1, 0.15) is 0 Å². The van der Waals surface area contributed by atoms with Gasteiger partial charge in [0.05, 0.1) is 12.8 Å². The van der Waals surface area contributed by atoms with Crippen LogP contribution < -0.4 is 118 Å². The predicted octanol–water partition coefficient (Wildman–Crippen LogP) is -14.7. The van der Waals surface area contributed by atoms with Crippen LogP contribution in [-0.2, 0) is 23.9 Å². The van der Waals surface area contributed by atoms with E-state index in [9.17, 15) is 19.2 Å². The van der Waals surface area contributed by atoms with Gasteiger partial charge in [-0.15, -0.1) is 0 Å². The molecule has 0 aromatic rings. The SMILES string of the molecule is CC(=O)OC(CC(=O)O)(CC(=O)O)C(=O)O.O.O.O.[H-].[H-].[H-].[H-].[Na+].[Na+].[Na+].[Na+]. The monoisotopic (exact) mass is 384 g/mol. The number of hydrogen-bond acceptors (Lipinski definition) is 5. The van der Waals surface area contributed by atoms with Crippen LogP contribution in [0.1, 0.15) is 25.5 Å². The quantitative estimate of drug-likeness (QED) is 0.293. The zero-order chi connectivity index (χ0) is 12.9. The molecular formula is C8H20Na4O11. The molecule has 9 N–H and O–H groups in total. The molecule has 0 spiro atoms. The van der Waals surface area contributed by atoms with Crippen LogP contribution in [0.4, 0.5) is 0 Å². The molecule has 0 amide bonds. The summed E-state index contributed by atoms with van der Waals surface area (Å²) in [5.41, 5.74) is -2.57. The van der Waals surface area contributed by atoms with E-state index >= 15 is 0 Å². The summed E-state index contributed by atoms with van der Waals surface area (Å²) >= 11 is 0. The van der Waals surface area contributed by atoms with E-state index in [0.717, 1.165) is 6.92 Å². The molecule has 0 aliphatic carbocycles. The van der Waals surface area contributed by atoms with Crippen molar-refractivity contribution in [3.63, 3.8) is 0 Å². The molecule has 0 aromatic carbocycles. The zero-order valence-corrected chi connectivity index (χ0v) is 21.8. The Morgan fingerprint density at radius 2 is 1.09 bits per heavy atom. The summed E-state index contributed by atoms with van der Waals surface area (Å²) in [5, 5.41) is 25.7. The molecule has 0 aromatic heterocycles. The van der Waals surface area contributed by atoms with Crippen LogP contribution in [0.5, 0.6) is 0 Å². The van der Waals surface area contributed by atoms with E-state index in [1.54, 1.807) is 0 Å². The van der Waals surface area contributed by atoms with Crippen molar-refractivity contribution in [1.82, 2.24) is 0 Å². The number of hydrogen-bond donors (Lipinski definition) is 3. The second kappa shape index (κ2) is 23.8. The van der Waals surface area contributed by atoms with Crippen LogP contribution in [0.3, 0.4) is 0 Å². The Hall–Kier alpha value is 1.76. The van der Waals surface area contributed by atoms with Crippen molar-refractivity contribution < 1.29 is 180 Å². The number of ether oxygens (including phenoxy) is 1. The number of carboxylic acids is 3. The van der Waals surface area contributed by atoms with Crippen LogP contribution in [0.15, 0.2) is 0 Å². The van der Waals surface area contributed by atoms with Crippen LogP contribution in [0.25, 0.3) is 0 Å². The Kier molecular flexibility index (Phi) is 51.4. The summed E-state index contributed by atoms with van der Waals surface area (Å²) in [7, 11) is 0. The van der Waals surface area contributed by atoms with Crippen LogP contribution >= 0.6 is 0 Å². The molecule has 0 saturated heterocycles. The smallest absolute Gasteiger partial charge is 1.00 e. The first-order chi connectivity index (χ1) is 7.19. The van der Waals surface area contributed by atoms with E-state index in [0.29, 0.717) is 0 Å². The molecule has 0 saturated carbocycles. The minimum atomic E-state index is -2.57. The first kappa shape index (κ1) is 49.8. The fourth-order valence-corrected chi connectivity index (χ4v) is 1.09. The predicted molar refractivity (Wildman–Crippen MR) is 61.9 cm³/mol. The van der Waals surface area contributed by atoms with Crippen LogP contribution in [0.2, 0.25) is 0 Å². The van der Waals surface area contributed by atoms with Gasteiger partial charge in [0.25, 0.3) is 0 Å². The summed E-state index contributed by atoms with van der Waals surface area (Å²) in [6, 6.07) is 0. The first-order valence-corrected chi connectivity index (χ1v) is 4.06. The normalized spacial score (nSPS) is 7.35. The van der Waals surface area contributed by atoms with Crippen molar-refractivity contribution in [2.24, 2.45) is 0 Å².